The van der Waals surface area contributed by atoms with Crippen molar-refractivity contribution in [3.63, 3.8) is 0 Å². The van der Waals surface area contributed by atoms with Gasteiger partial charge in [0, 0.05) is 20.1 Å². The summed E-state index contributed by atoms with van der Waals surface area (Å²) in [6.07, 6.45) is 1.50. The van der Waals surface area contributed by atoms with Gasteiger partial charge in [-0.25, -0.2) is 16.8 Å². The number of nitrogens with zero attached hydrogens (tertiary/aromatic N) is 4. The molecule has 2 aliphatic heterocycles. The van der Waals surface area contributed by atoms with E-state index >= 15 is 0 Å². The van der Waals surface area contributed by atoms with Gasteiger partial charge >= 0.3 is 0 Å². The molecule has 0 spiro atoms. The molecule has 0 unspecified atom stereocenters. The van der Waals surface area contributed by atoms with E-state index in [0.29, 0.717) is 57.1 Å². The molecule has 6 fully saturated rings. The molecule has 8 atom stereocenters. The lowest BCUT2D eigenvalue weighted by Crippen LogP contribution is -2.59. The van der Waals surface area contributed by atoms with E-state index in [2.05, 4.69) is 0 Å². The Kier molecular flexibility index (Phi) is 18.5. The second kappa shape index (κ2) is 25.9. The minimum atomic E-state index is -3.67. The largest absolute Gasteiger partial charge is 0.370 e. The quantitative estimate of drug-likeness (QED) is 0.0655. The molecule has 2 heterocycles. The summed E-state index contributed by atoms with van der Waals surface area (Å²) in [6.45, 7) is 0.157. The van der Waals surface area contributed by atoms with Gasteiger partial charge in [-0.3, -0.25) is 27.8 Å². The van der Waals surface area contributed by atoms with Crippen LogP contribution in [0.3, 0.4) is 0 Å². The maximum Gasteiger partial charge on any atom is 0.253 e. The maximum atomic E-state index is 14.4. The summed E-state index contributed by atoms with van der Waals surface area (Å²) < 4.78 is 71.3. The van der Waals surface area contributed by atoms with Crippen molar-refractivity contribution in [1.82, 2.24) is 9.80 Å². The van der Waals surface area contributed by atoms with Crippen molar-refractivity contribution in [3.8, 4) is 0 Å². The summed E-state index contributed by atoms with van der Waals surface area (Å²) in [7, 11) is -7.35. The Morgan fingerprint density at radius 2 is 0.814 bits per heavy atom. The molecule has 452 valence electrons. The molecule has 16 nitrogen and oxygen atoms in total. The number of hydrogen-bond donors (Lipinski definition) is 2. The molecule has 6 aromatic rings. The fourth-order valence-electron chi connectivity index (χ4n) is 12.0. The van der Waals surface area contributed by atoms with Gasteiger partial charge in [-0.05, 0) is 158 Å². The number of rotatable bonds is 22. The predicted octanol–water partition coefficient (Wildman–Crippen LogP) is 11.3. The third kappa shape index (κ3) is 13.9. The molecule has 86 heavy (non-hydrogen) atoms. The minimum absolute atomic E-state index is 0.0618. The smallest absolute Gasteiger partial charge is 0.253 e. The van der Waals surface area contributed by atoms with Crippen LogP contribution in [0.5, 0.6) is 0 Å². The minimum Gasteiger partial charge on any atom is -0.370 e. The lowest BCUT2D eigenvalue weighted by molar-refractivity contribution is -0.181. The van der Waals surface area contributed by atoms with E-state index < -0.39 is 103 Å². The molecule has 0 aromatic heterocycles. The first-order chi connectivity index (χ1) is 41.3. The monoisotopic (exact) mass is 1280 g/mol. The molecule has 4 N–H and O–H groups in total. The van der Waals surface area contributed by atoms with Gasteiger partial charge in [0.1, 0.15) is 24.4 Å². The van der Waals surface area contributed by atoms with Gasteiger partial charge in [0.05, 0.1) is 72.0 Å². The molecule has 22 heteroatoms. The molecular formula is C64H66Cl4N6O10S2. The van der Waals surface area contributed by atoms with E-state index in [4.69, 9.17) is 67.3 Å². The van der Waals surface area contributed by atoms with Crippen LogP contribution in [-0.2, 0) is 48.7 Å². The summed E-state index contributed by atoms with van der Waals surface area (Å²) in [6, 6.07) is 44.6. The molecule has 6 aromatic carbocycles. The normalized spacial score (nSPS) is 23.2. The standard InChI is InChI=1S/2C32H33Cl2N3O5S/c2*33-23-13-11-21(12-14-23)30-31(22-5-4-6-24(34)17-22)42-28(18-29(35)38)32(39)37(30)27(20-9-10-20)19-36(25-7-2-1-3-8-25)43(40,41)26-15-16-26/h2*1-8,11-14,17,20,26-28,30-31H,9-10,15-16,18-19H2,(H2,35,38)/t27-,28+,30-,31-;27-,28-,30-,31-/m11/s1. The number of sulfonamides is 2. The Balaban J connectivity index is 0.000000179. The number of primary amides is 2. The van der Waals surface area contributed by atoms with Crippen LogP contribution < -0.4 is 20.1 Å². The van der Waals surface area contributed by atoms with Crippen LogP contribution in [0.25, 0.3) is 0 Å². The Bertz CT molecular complexity index is 3430. The number of para-hydroxylation sites is 2. The van der Waals surface area contributed by atoms with Gasteiger partial charge in [-0.15, -0.1) is 0 Å². The maximum absolute atomic E-state index is 14.4. The lowest BCUT2D eigenvalue weighted by Gasteiger charge is -2.49. The SMILES string of the molecule is NC(=O)C[C@@H]1O[C@H](c2cccc(Cl)c2)[C@@H](c2ccc(Cl)cc2)N([C@H](CN(c2ccccc2)S(=O)(=O)C2CC2)C2CC2)C1=O.NC(=O)C[C@H]1O[C@H](c2cccc(Cl)c2)[C@@H](c2ccc(Cl)cc2)N([C@H](CN(c2ccccc2)S(=O)(=O)C2CC2)C2CC2)C1=O. The number of carbonyl (C=O) groups excluding carboxylic acids is 4. The summed E-state index contributed by atoms with van der Waals surface area (Å²) in [5, 5.41) is 1.18. The second-order valence-electron chi connectivity index (χ2n) is 23.1. The second-order valence-corrected chi connectivity index (χ2v) is 29.1. The van der Waals surface area contributed by atoms with Gasteiger partial charge in [-0.2, -0.15) is 0 Å². The van der Waals surface area contributed by atoms with Crippen molar-refractivity contribution >= 4 is 101 Å². The summed E-state index contributed by atoms with van der Waals surface area (Å²) in [4.78, 5) is 56.7. The van der Waals surface area contributed by atoms with E-state index in [9.17, 15) is 36.0 Å². The van der Waals surface area contributed by atoms with Gasteiger partial charge in [0.25, 0.3) is 11.8 Å². The molecular weight excluding hydrogens is 1220 g/mol. The zero-order valence-electron chi connectivity index (χ0n) is 46.8. The first-order valence-corrected chi connectivity index (χ1v) is 33.5. The predicted molar refractivity (Wildman–Crippen MR) is 332 cm³/mol. The average molecular weight is 1290 g/mol. The number of hydrogen-bond acceptors (Lipinski definition) is 10. The Labute approximate surface area is 521 Å². The van der Waals surface area contributed by atoms with Crippen molar-refractivity contribution < 1.29 is 45.5 Å². The molecule has 6 aliphatic rings. The molecule has 2 saturated heterocycles. The Hall–Kier alpha value is -6.22. The molecule has 4 amide bonds. The van der Waals surface area contributed by atoms with E-state index in [-0.39, 0.29) is 37.8 Å². The van der Waals surface area contributed by atoms with E-state index in [0.717, 1.165) is 47.9 Å². The van der Waals surface area contributed by atoms with Crippen molar-refractivity contribution in [2.24, 2.45) is 23.3 Å². The number of morpholine rings is 2. The third-order valence-electron chi connectivity index (χ3n) is 16.8. The number of halogens is 4. The molecule has 12 rings (SSSR count). The number of nitrogens with two attached hydrogens (primary N) is 2. The highest BCUT2D eigenvalue weighted by molar-refractivity contribution is 7.94. The summed E-state index contributed by atoms with van der Waals surface area (Å²) in [5.74, 6) is -2.01. The van der Waals surface area contributed by atoms with Crippen LogP contribution in [-0.4, -0.2) is 98.1 Å². The van der Waals surface area contributed by atoms with Crippen molar-refractivity contribution in [3.05, 3.63) is 200 Å². The lowest BCUT2D eigenvalue weighted by atomic mass is 9.89. The van der Waals surface area contributed by atoms with E-state index in [1.807, 2.05) is 84.9 Å². The zero-order valence-corrected chi connectivity index (χ0v) is 51.4. The fourth-order valence-corrected chi connectivity index (χ4v) is 16.4. The Morgan fingerprint density at radius 1 is 0.465 bits per heavy atom. The van der Waals surface area contributed by atoms with Crippen LogP contribution in [0.2, 0.25) is 20.1 Å². The topological polar surface area (TPSA) is 220 Å². The molecule has 4 saturated carbocycles. The number of amides is 4. The fraction of sp³-hybridized carbons (Fsp3) is 0.375. The number of carbonyl (C=O) groups is 4. The summed E-state index contributed by atoms with van der Waals surface area (Å²) >= 11 is 25.3. The van der Waals surface area contributed by atoms with E-state index in [1.165, 1.54) is 8.61 Å². The van der Waals surface area contributed by atoms with Gasteiger partial charge in [-0.1, -0.05) is 131 Å². The first-order valence-electron chi connectivity index (χ1n) is 28.9. The molecule has 4 aliphatic carbocycles. The highest BCUT2D eigenvalue weighted by Gasteiger charge is 2.54. The van der Waals surface area contributed by atoms with Crippen molar-refractivity contribution in [1.29, 1.82) is 0 Å². The van der Waals surface area contributed by atoms with Crippen LogP contribution in [0, 0.1) is 11.8 Å². The van der Waals surface area contributed by atoms with E-state index in [1.54, 1.807) is 82.6 Å². The van der Waals surface area contributed by atoms with Crippen molar-refractivity contribution in [2.45, 2.75) is 123 Å². The van der Waals surface area contributed by atoms with Crippen LogP contribution in [0.15, 0.2) is 158 Å². The number of anilines is 2. The van der Waals surface area contributed by atoms with Crippen LogP contribution in [0.4, 0.5) is 11.4 Å². The summed E-state index contributed by atoms with van der Waals surface area (Å²) in [5.41, 5.74) is 15.3. The average Bonchev–Trinajstić information content (AvgIpc) is 1.05. The Morgan fingerprint density at radius 3 is 1.12 bits per heavy atom. The highest BCUT2D eigenvalue weighted by Crippen LogP contribution is 2.51. The third-order valence-corrected chi connectivity index (χ3v) is 22.3. The van der Waals surface area contributed by atoms with Crippen LogP contribution in [0.1, 0.15) is 111 Å². The number of ether oxygens (including phenoxy) is 2. The first kappa shape index (κ1) is 61.4. The van der Waals surface area contributed by atoms with Gasteiger partial charge in [0.2, 0.25) is 31.9 Å². The number of benzene rings is 6. The molecule has 0 radical (unpaired) electrons. The van der Waals surface area contributed by atoms with Gasteiger partial charge < -0.3 is 30.7 Å². The van der Waals surface area contributed by atoms with Crippen LogP contribution >= 0.6 is 46.4 Å². The highest BCUT2D eigenvalue weighted by atomic mass is 35.5. The van der Waals surface area contributed by atoms with Crippen molar-refractivity contribution in [2.75, 3.05) is 21.7 Å². The zero-order chi connectivity index (χ0) is 60.6. The molecule has 0 bridgehead atoms. The van der Waals surface area contributed by atoms with Gasteiger partial charge in [0.15, 0.2) is 0 Å².